The molecule has 0 bridgehead atoms. The van der Waals surface area contributed by atoms with Crippen molar-refractivity contribution in [1.82, 2.24) is 5.43 Å². The Morgan fingerprint density at radius 1 is 1.30 bits per heavy atom. The van der Waals surface area contributed by atoms with Gasteiger partial charge < -0.3 is 4.74 Å². The van der Waals surface area contributed by atoms with Crippen LogP contribution in [-0.4, -0.2) is 7.11 Å². The zero-order chi connectivity index (χ0) is 14.5. The van der Waals surface area contributed by atoms with E-state index in [4.69, 9.17) is 10.6 Å². The quantitative estimate of drug-likeness (QED) is 0.649. The Hall–Kier alpha value is -1.43. The van der Waals surface area contributed by atoms with Gasteiger partial charge in [0.25, 0.3) is 0 Å². The van der Waals surface area contributed by atoms with Gasteiger partial charge in [-0.1, -0.05) is 40.2 Å². The van der Waals surface area contributed by atoms with Crippen molar-refractivity contribution in [2.75, 3.05) is 7.11 Å². The highest BCUT2D eigenvalue weighted by atomic mass is 79.9. The molecule has 5 heteroatoms. The number of methoxy groups -OCH3 is 1. The predicted molar refractivity (Wildman–Crippen MR) is 80.9 cm³/mol. The van der Waals surface area contributed by atoms with Gasteiger partial charge in [0.15, 0.2) is 0 Å². The molecule has 1 unspecified atom stereocenters. The molecule has 3 N–H and O–H groups in total. The predicted octanol–water partition coefficient (Wildman–Crippen LogP) is 3.34. The molecule has 0 aliphatic carbocycles. The van der Waals surface area contributed by atoms with Gasteiger partial charge in [-0.25, -0.2) is 4.39 Å². The Morgan fingerprint density at radius 3 is 2.70 bits per heavy atom. The molecule has 0 saturated heterocycles. The Morgan fingerprint density at radius 2 is 2.05 bits per heavy atom. The van der Waals surface area contributed by atoms with Crippen molar-refractivity contribution < 1.29 is 9.13 Å². The van der Waals surface area contributed by atoms with Crippen molar-refractivity contribution >= 4 is 15.9 Å². The molecule has 0 radical (unpaired) electrons. The fourth-order valence-corrected chi connectivity index (χ4v) is 2.63. The average molecular weight is 339 g/mol. The third-order valence-corrected chi connectivity index (χ3v) is 3.89. The summed E-state index contributed by atoms with van der Waals surface area (Å²) in [6.07, 6.45) is 0.623. The van der Waals surface area contributed by atoms with E-state index in [1.165, 1.54) is 12.1 Å². The highest BCUT2D eigenvalue weighted by Gasteiger charge is 2.16. The van der Waals surface area contributed by atoms with Crippen LogP contribution in [0, 0.1) is 5.82 Å². The highest BCUT2D eigenvalue weighted by molar-refractivity contribution is 9.10. The number of ether oxygens (including phenoxy) is 1. The zero-order valence-electron chi connectivity index (χ0n) is 11.1. The molecule has 0 aliphatic heterocycles. The number of hydrogen-bond acceptors (Lipinski definition) is 3. The van der Waals surface area contributed by atoms with Crippen LogP contribution >= 0.6 is 15.9 Å². The minimum Gasteiger partial charge on any atom is -0.496 e. The molecule has 0 fully saturated rings. The number of para-hydroxylation sites is 1. The third kappa shape index (κ3) is 3.36. The van der Waals surface area contributed by atoms with Crippen molar-refractivity contribution in [2.24, 2.45) is 5.84 Å². The van der Waals surface area contributed by atoms with E-state index in [-0.39, 0.29) is 11.9 Å². The second-order valence-electron chi connectivity index (χ2n) is 4.40. The molecule has 0 spiro atoms. The standard InChI is InChI=1S/C15H16BrFN2O/c1-20-15-5-3-2-4-12(15)14(19-18)8-10-6-7-11(17)9-13(10)16/h2-7,9,14,19H,8,18H2,1H3. The number of nitrogens with one attached hydrogen (secondary N) is 1. The van der Waals surface area contributed by atoms with Crippen LogP contribution in [0.25, 0.3) is 0 Å². The monoisotopic (exact) mass is 338 g/mol. The maximum Gasteiger partial charge on any atom is 0.124 e. The van der Waals surface area contributed by atoms with Crippen LogP contribution < -0.4 is 16.0 Å². The van der Waals surface area contributed by atoms with Crippen LogP contribution in [0.5, 0.6) is 5.75 Å². The van der Waals surface area contributed by atoms with Crippen LogP contribution in [0.4, 0.5) is 4.39 Å². The summed E-state index contributed by atoms with van der Waals surface area (Å²) in [5, 5.41) is 0. The SMILES string of the molecule is COc1ccccc1C(Cc1ccc(F)cc1Br)NN. The highest BCUT2D eigenvalue weighted by Crippen LogP contribution is 2.29. The number of rotatable bonds is 5. The van der Waals surface area contributed by atoms with Gasteiger partial charge in [0.05, 0.1) is 13.2 Å². The van der Waals surface area contributed by atoms with E-state index in [1.54, 1.807) is 13.2 Å². The molecule has 106 valence electrons. The molecule has 0 aromatic heterocycles. The molecule has 0 aliphatic rings. The summed E-state index contributed by atoms with van der Waals surface area (Å²) in [7, 11) is 1.63. The maximum atomic E-state index is 13.1. The lowest BCUT2D eigenvalue weighted by molar-refractivity contribution is 0.399. The number of halogens is 2. The first-order chi connectivity index (χ1) is 9.65. The molecule has 2 rings (SSSR count). The smallest absolute Gasteiger partial charge is 0.124 e. The zero-order valence-corrected chi connectivity index (χ0v) is 12.7. The van der Waals surface area contributed by atoms with E-state index < -0.39 is 0 Å². The normalized spacial score (nSPS) is 12.2. The van der Waals surface area contributed by atoms with Crippen molar-refractivity contribution in [2.45, 2.75) is 12.5 Å². The van der Waals surface area contributed by atoms with Gasteiger partial charge in [0.1, 0.15) is 11.6 Å². The van der Waals surface area contributed by atoms with Gasteiger partial charge in [-0.05, 0) is 30.2 Å². The van der Waals surface area contributed by atoms with Crippen LogP contribution in [0.15, 0.2) is 46.9 Å². The molecule has 0 amide bonds. The summed E-state index contributed by atoms with van der Waals surface area (Å²) in [6, 6.07) is 12.2. The summed E-state index contributed by atoms with van der Waals surface area (Å²) in [5.74, 6) is 6.16. The van der Waals surface area contributed by atoms with Gasteiger partial charge >= 0.3 is 0 Å². The third-order valence-electron chi connectivity index (χ3n) is 3.15. The molecule has 2 aromatic carbocycles. The number of hydrazine groups is 1. The second kappa shape index (κ2) is 6.83. The van der Waals surface area contributed by atoms with E-state index in [2.05, 4.69) is 21.4 Å². The topological polar surface area (TPSA) is 47.3 Å². The van der Waals surface area contributed by atoms with E-state index >= 15 is 0 Å². The van der Waals surface area contributed by atoms with Crippen molar-refractivity contribution in [3.63, 3.8) is 0 Å². The minimum absolute atomic E-state index is 0.118. The molecule has 20 heavy (non-hydrogen) atoms. The fraction of sp³-hybridized carbons (Fsp3) is 0.200. The van der Waals surface area contributed by atoms with Gasteiger partial charge in [0, 0.05) is 10.0 Å². The Kier molecular flexibility index (Phi) is 5.11. The first-order valence-electron chi connectivity index (χ1n) is 6.18. The van der Waals surface area contributed by atoms with Gasteiger partial charge in [-0.3, -0.25) is 11.3 Å². The second-order valence-corrected chi connectivity index (χ2v) is 5.26. The van der Waals surface area contributed by atoms with E-state index in [1.807, 2.05) is 24.3 Å². The molecular formula is C15H16BrFN2O. The fourth-order valence-electron chi connectivity index (χ4n) is 2.12. The van der Waals surface area contributed by atoms with Crippen LogP contribution in [0.3, 0.4) is 0 Å². The maximum absolute atomic E-state index is 13.1. The van der Waals surface area contributed by atoms with Gasteiger partial charge in [0.2, 0.25) is 0 Å². The van der Waals surface area contributed by atoms with Crippen molar-refractivity contribution in [1.29, 1.82) is 0 Å². The van der Waals surface area contributed by atoms with E-state index in [0.29, 0.717) is 6.42 Å². The first-order valence-corrected chi connectivity index (χ1v) is 6.98. The molecule has 0 saturated carbocycles. The van der Waals surface area contributed by atoms with E-state index in [0.717, 1.165) is 21.3 Å². The number of benzene rings is 2. The molecule has 3 nitrogen and oxygen atoms in total. The largest absolute Gasteiger partial charge is 0.496 e. The summed E-state index contributed by atoms with van der Waals surface area (Å²) in [5.41, 5.74) is 4.73. The van der Waals surface area contributed by atoms with Crippen molar-refractivity contribution in [3.05, 3.63) is 63.9 Å². The molecule has 1 atom stereocenters. The summed E-state index contributed by atoms with van der Waals surface area (Å²) < 4.78 is 19.2. The van der Waals surface area contributed by atoms with Crippen LogP contribution in [0.1, 0.15) is 17.2 Å². The summed E-state index contributed by atoms with van der Waals surface area (Å²) in [6.45, 7) is 0. The lowest BCUT2D eigenvalue weighted by Gasteiger charge is -2.19. The lowest BCUT2D eigenvalue weighted by atomic mass is 9.98. The summed E-state index contributed by atoms with van der Waals surface area (Å²) in [4.78, 5) is 0. The van der Waals surface area contributed by atoms with Crippen molar-refractivity contribution in [3.8, 4) is 5.75 Å². The van der Waals surface area contributed by atoms with Gasteiger partial charge in [-0.15, -0.1) is 0 Å². The van der Waals surface area contributed by atoms with E-state index in [9.17, 15) is 4.39 Å². The Balaban J connectivity index is 2.29. The first kappa shape index (κ1) is 15.0. The molecule has 0 heterocycles. The molecule has 2 aromatic rings. The minimum atomic E-state index is -0.268. The Labute approximate surface area is 126 Å². The molecular weight excluding hydrogens is 323 g/mol. The van der Waals surface area contributed by atoms with Crippen LogP contribution in [0.2, 0.25) is 0 Å². The lowest BCUT2D eigenvalue weighted by Crippen LogP contribution is -2.30. The Bertz CT molecular complexity index is 592. The van der Waals surface area contributed by atoms with Crippen LogP contribution in [-0.2, 0) is 6.42 Å². The summed E-state index contributed by atoms with van der Waals surface area (Å²) >= 11 is 3.37. The van der Waals surface area contributed by atoms with Gasteiger partial charge in [-0.2, -0.15) is 0 Å². The average Bonchev–Trinajstić information content (AvgIpc) is 2.46. The number of hydrogen-bond donors (Lipinski definition) is 2. The number of nitrogens with two attached hydrogens (primary N) is 1.